The van der Waals surface area contributed by atoms with Crippen molar-refractivity contribution in [2.75, 3.05) is 12.8 Å². The first-order valence-corrected chi connectivity index (χ1v) is 4.09. The van der Waals surface area contributed by atoms with E-state index in [2.05, 4.69) is 10.1 Å². The molecular formula is C9H10N4O. The number of aromatic nitrogens is 3. The maximum absolute atomic E-state index is 5.70. The van der Waals surface area contributed by atoms with Gasteiger partial charge >= 0.3 is 0 Å². The van der Waals surface area contributed by atoms with Gasteiger partial charge in [-0.3, -0.25) is 0 Å². The lowest BCUT2D eigenvalue weighted by atomic mass is 10.2. The minimum Gasteiger partial charge on any atom is -0.497 e. The summed E-state index contributed by atoms with van der Waals surface area (Å²) in [5.41, 5.74) is 7.17. The van der Waals surface area contributed by atoms with Crippen molar-refractivity contribution in [2.45, 2.75) is 0 Å². The van der Waals surface area contributed by atoms with Crippen LogP contribution in [-0.4, -0.2) is 21.9 Å². The number of nitrogen functional groups attached to an aromatic ring is 1. The molecule has 0 saturated carbocycles. The molecule has 5 nitrogen and oxygen atoms in total. The molecule has 0 radical (unpaired) electrons. The number of ether oxygens (including phenoxy) is 1. The fourth-order valence-electron chi connectivity index (χ4n) is 1.20. The highest BCUT2D eigenvalue weighted by molar-refractivity contribution is 5.53. The van der Waals surface area contributed by atoms with E-state index in [0.717, 1.165) is 5.69 Å². The molecule has 2 rings (SSSR count). The summed E-state index contributed by atoms with van der Waals surface area (Å²) in [6.45, 7) is 0. The summed E-state index contributed by atoms with van der Waals surface area (Å²) in [6, 6.07) is 5.39. The Morgan fingerprint density at radius 2 is 2.21 bits per heavy atom. The zero-order chi connectivity index (χ0) is 9.97. The molecule has 0 unspecified atom stereocenters. The quantitative estimate of drug-likeness (QED) is 0.713. The molecule has 0 amide bonds. The SMILES string of the molecule is COc1cc(N)cc(-n2cncn2)c1. The first-order chi connectivity index (χ1) is 6.79. The zero-order valence-corrected chi connectivity index (χ0v) is 7.71. The average Bonchev–Trinajstić information content (AvgIpc) is 2.69. The van der Waals surface area contributed by atoms with Crippen LogP contribution < -0.4 is 10.5 Å². The number of hydrogen-bond donors (Lipinski definition) is 1. The van der Waals surface area contributed by atoms with Gasteiger partial charge in [-0.05, 0) is 6.07 Å². The van der Waals surface area contributed by atoms with Crippen LogP contribution in [-0.2, 0) is 0 Å². The highest BCUT2D eigenvalue weighted by atomic mass is 16.5. The molecule has 72 valence electrons. The first kappa shape index (κ1) is 8.55. The van der Waals surface area contributed by atoms with Crippen LogP contribution >= 0.6 is 0 Å². The van der Waals surface area contributed by atoms with E-state index < -0.39 is 0 Å². The van der Waals surface area contributed by atoms with E-state index in [1.165, 1.54) is 6.33 Å². The Hall–Kier alpha value is -2.04. The zero-order valence-electron chi connectivity index (χ0n) is 7.71. The number of nitrogens with zero attached hydrogens (tertiary/aromatic N) is 3. The highest BCUT2D eigenvalue weighted by Gasteiger charge is 2.01. The Kier molecular flexibility index (Phi) is 2.06. The maximum atomic E-state index is 5.70. The van der Waals surface area contributed by atoms with Crippen molar-refractivity contribution in [2.24, 2.45) is 0 Å². The van der Waals surface area contributed by atoms with Crippen LogP contribution in [0.5, 0.6) is 5.75 Å². The Morgan fingerprint density at radius 1 is 1.36 bits per heavy atom. The molecule has 0 aliphatic rings. The van der Waals surface area contributed by atoms with Crippen LogP contribution in [0.25, 0.3) is 5.69 Å². The van der Waals surface area contributed by atoms with Gasteiger partial charge in [-0.2, -0.15) is 5.10 Å². The van der Waals surface area contributed by atoms with Crippen LogP contribution in [0.1, 0.15) is 0 Å². The lowest BCUT2D eigenvalue weighted by Gasteiger charge is -2.05. The predicted molar refractivity (Wildman–Crippen MR) is 52.3 cm³/mol. The number of hydrogen-bond acceptors (Lipinski definition) is 4. The predicted octanol–water partition coefficient (Wildman–Crippen LogP) is 0.858. The van der Waals surface area contributed by atoms with Gasteiger partial charge in [-0.1, -0.05) is 0 Å². The van der Waals surface area contributed by atoms with Crippen LogP contribution in [0, 0.1) is 0 Å². The maximum Gasteiger partial charge on any atom is 0.138 e. The molecule has 1 aromatic heterocycles. The molecule has 14 heavy (non-hydrogen) atoms. The van der Waals surface area contributed by atoms with Crippen molar-refractivity contribution in [1.82, 2.24) is 14.8 Å². The van der Waals surface area contributed by atoms with Gasteiger partial charge in [0.05, 0.1) is 12.8 Å². The van der Waals surface area contributed by atoms with Gasteiger partial charge in [0.15, 0.2) is 0 Å². The van der Waals surface area contributed by atoms with Crippen LogP contribution in [0.2, 0.25) is 0 Å². The number of anilines is 1. The molecule has 1 aromatic carbocycles. The van der Waals surface area contributed by atoms with Crippen molar-refractivity contribution in [1.29, 1.82) is 0 Å². The minimum atomic E-state index is 0.634. The van der Waals surface area contributed by atoms with Crippen LogP contribution in [0.4, 0.5) is 5.69 Å². The third-order valence-corrected chi connectivity index (χ3v) is 1.83. The summed E-state index contributed by atoms with van der Waals surface area (Å²) in [6.07, 6.45) is 3.07. The fourth-order valence-corrected chi connectivity index (χ4v) is 1.20. The smallest absolute Gasteiger partial charge is 0.138 e. The summed E-state index contributed by atoms with van der Waals surface area (Å²) in [5, 5.41) is 4.00. The number of rotatable bonds is 2. The van der Waals surface area contributed by atoms with Gasteiger partial charge < -0.3 is 10.5 Å². The topological polar surface area (TPSA) is 66.0 Å². The summed E-state index contributed by atoms with van der Waals surface area (Å²) < 4.78 is 6.72. The number of methoxy groups -OCH3 is 1. The molecule has 1 heterocycles. The van der Waals surface area contributed by atoms with Gasteiger partial charge in [-0.15, -0.1) is 0 Å². The standard InChI is InChI=1S/C9H10N4O/c1-14-9-3-7(10)2-8(4-9)13-6-11-5-12-13/h2-6H,10H2,1H3. The van der Waals surface area contributed by atoms with Crippen LogP contribution in [0.15, 0.2) is 30.9 Å². The second kappa shape index (κ2) is 3.37. The molecule has 5 heteroatoms. The third kappa shape index (κ3) is 1.52. The van der Waals surface area contributed by atoms with Crippen molar-refractivity contribution < 1.29 is 4.74 Å². The van der Waals surface area contributed by atoms with E-state index in [1.807, 2.05) is 6.07 Å². The van der Waals surface area contributed by atoms with E-state index >= 15 is 0 Å². The lowest BCUT2D eigenvalue weighted by molar-refractivity contribution is 0.414. The molecule has 2 aromatic rings. The summed E-state index contributed by atoms with van der Waals surface area (Å²) in [7, 11) is 1.60. The van der Waals surface area contributed by atoms with Crippen LogP contribution in [0.3, 0.4) is 0 Å². The van der Waals surface area contributed by atoms with E-state index in [1.54, 1.807) is 30.3 Å². The molecular weight excluding hydrogens is 180 g/mol. The summed E-state index contributed by atoms with van der Waals surface area (Å²) in [4.78, 5) is 3.85. The van der Waals surface area contributed by atoms with E-state index in [9.17, 15) is 0 Å². The van der Waals surface area contributed by atoms with Crippen molar-refractivity contribution >= 4 is 5.69 Å². The van der Waals surface area contributed by atoms with Gasteiger partial charge in [0.2, 0.25) is 0 Å². The average molecular weight is 190 g/mol. The molecule has 0 aliphatic carbocycles. The molecule has 0 saturated heterocycles. The van der Waals surface area contributed by atoms with E-state index in [-0.39, 0.29) is 0 Å². The Balaban J connectivity index is 2.48. The third-order valence-electron chi connectivity index (χ3n) is 1.83. The van der Waals surface area contributed by atoms with Gasteiger partial charge in [0.25, 0.3) is 0 Å². The van der Waals surface area contributed by atoms with Gasteiger partial charge in [0.1, 0.15) is 18.4 Å². The van der Waals surface area contributed by atoms with Crippen molar-refractivity contribution in [3.05, 3.63) is 30.9 Å². The summed E-state index contributed by atoms with van der Waals surface area (Å²) in [5.74, 6) is 0.704. The van der Waals surface area contributed by atoms with E-state index in [4.69, 9.17) is 10.5 Å². The second-order valence-electron chi connectivity index (χ2n) is 2.80. The molecule has 0 fully saturated rings. The van der Waals surface area contributed by atoms with Crippen molar-refractivity contribution in [3.8, 4) is 11.4 Å². The minimum absolute atomic E-state index is 0.634. The number of nitrogens with two attached hydrogens (primary N) is 1. The normalized spacial score (nSPS) is 10.1. The number of benzene rings is 1. The molecule has 2 N–H and O–H groups in total. The monoisotopic (exact) mass is 190 g/mol. The Labute approximate surface area is 81.1 Å². The van der Waals surface area contributed by atoms with Gasteiger partial charge in [-0.25, -0.2) is 9.67 Å². The second-order valence-corrected chi connectivity index (χ2v) is 2.80. The first-order valence-electron chi connectivity index (χ1n) is 4.09. The molecule has 0 bridgehead atoms. The Morgan fingerprint density at radius 3 is 2.86 bits per heavy atom. The lowest BCUT2D eigenvalue weighted by Crippen LogP contribution is -1.97. The molecule has 0 atom stereocenters. The largest absolute Gasteiger partial charge is 0.497 e. The highest BCUT2D eigenvalue weighted by Crippen LogP contribution is 2.20. The van der Waals surface area contributed by atoms with E-state index in [0.29, 0.717) is 11.4 Å². The fraction of sp³-hybridized carbons (Fsp3) is 0.111. The molecule has 0 aliphatic heterocycles. The van der Waals surface area contributed by atoms with Gasteiger partial charge in [0, 0.05) is 17.8 Å². The van der Waals surface area contributed by atoms with Crippen molar-refractivity contribution in [3.63, 3.8) is 0 Å². The molecule has 0 spiro atoms. The Bertz CT molecular complexity index is 424. The summed E-state index contributed by atoms with van der Waals surface area (Å²) >= 11 is 0.